The zero-order valence-electron chi connectivity index (χ0n) is 8.29. The maximum atomic E-state index is 10.9. The molecule has 4 nitrogen and oxygen atoms in total. The van der Waals surface area contributed by atoms with Crippen LogP contribution in [0.4, 0.5) is 0 Å². The van der Waals surface area contributed by atoms with Gasteiger partial charge in [-0.05, 0) is 17.7 Å². The maximum Gasteiger partial charge on any atom is 0.248 e. The molecule has 2 N–H and O–H groups in total. The van der Waals surface area contributed by atoms with E-state index in [2.05, 4.69) is 10.2 Å². The summed E-state index contributed by atoms with van der Waals surface area (Å²) in [6, 6.07) is 7.26. The first kappa shape index (κ1) is 11.1. The number of hydrogen-bond donors (Lipinski definition) is 1. The van der Waals surface area contributed by atoms with Gasteiger partial charge in [0.1, 0.15) is 5.51 Å². The van der Waals surface area contributed by atoms with Crippen molar-refractivity contribution in [3.05, 3.63) is 40.9 Å². The standard InChI is InChI=1S/C10H9N3OS2/c11-9(14)8-3-1-7(2-4-8)5-15-10-13-12-6-16-10/h1-4,6H,5H2,(H2,11,14). The van der Waals surface area contributed by atoms with Gasteiger partial charge in [-0.15, -0.1) is 10.2 Å². The molecule has 82 valence electrons. The number of hydrogen-bond acceptors (Lipinski definition) is 5. The van der Waals surface area contributed by atoms with Crippen LogP contribution >= 0.6 is 23.1 Å². The number of nitrogens with zero attached hydrogens (tertiary/aromatic N) is 2. The van der Waals surface area contributed by atoms with Gasteiger partial charge in [0, 0.05) is 11.3 Å². The number of aromatic nitrogens is 2. The lowest BCUT2D eigenvalue weighted by Gasteiger charge is -2.00. The smallest absolute Gasteiger partial charge is 0.248 e. The molecule has 2 aromatic rings. The Hall–Kier alpha value is -1.40. The van der Waals surface area contributed by atoms with Gasteiger partial charge in [-0.1, -0.05) is 35.2 Å². The highest BCUT2D eigenvalue weighted by atomic mass is 32.2. The van der Waals surface area contributed by atoms with Gasteiger partial charge in [0.2, 0.25) is 5.91 Å². The average Bonchev–Trinajstić information content (AvgIpc) is 2.80. The first-order valence-corrected chi connectivity index (χ1v) is 6.40. The number of nitrogens with two attached hydrogens (primary N) is 1. The lowest BCUT2D eigenvalue weighted by molar-refractivity contribution is 0.100. The van der Waals surface area contributed by atoms with Crippen molar-refractivity contribution in [2.24, 2.45) is 5.73 Å². The quantitative estimate of drug-likeness (QED) is 0.843. The number of thioether (sulfide) groups is 1. The first-order valence-electron chi connectivity index (χ1n) is 4.53. The lowest BCUT2D eigenvalue weighted by Crippen LogP contribution is -2.10. The summed E-state index contributed by atoms with van der Waals surface area (Å²) in [5.41, 5.74) is 8.52. The second-order valence-corrected chi connectivity index (χ2v) is 5.11. The molecule has 0 saturated heterocycles. The Morgan fingerprint density at radius 1 is 1.38 bits per heavy atom. The molecule has 6 heteroatoms. The van der Waals surface area contributed by atoms with Gasteiger partial charge in [0.15, 0.2) is 4.34 Å². The molecule has 0 unspecified atom stereocenters. The molecule has 2 rings (SSSR count). The zero-order valence-corrected chi connectivity index (χ0v) is 9.92. The Labute approximate surface area is 101 Å². The van der Waals surface area contributed by atoms with E-state index in [0.29, 0.717) is 5.56 Å². The van der Waals surface area contributed by atoms with Gasteiger partial charge in [-0.25, -0.2) is 0 Å². The van der Waals surface area contributed by atoms with Crippen molar-refractivity contribution in [1.29, 1.82) is 0 Å². The summed E-state index contributed by atoms with van der Waals surface area (Å²) < 4.78 is 0.943. The van der Waals surface area contributed by atoms with E-state index in [1.807, 2.05) is 12.1 Å². The first-order chi connectivity index (χ1) is 7.75. The molecule has 0 spiro atoms. The minimum absolute atomic E-state index is 0.400. The Kier molecular flexibility index (Phi) is 3.53. The van der Waals surface area contributed by atoms with Crippen LogP contribution in [0, 0.1) is 0 Å². The van der Waals surface area contributed by atoms with Crippen LogP contribution in [-0.2, 0) is 5.75 Å². The third-order valence-electron chi connectivity index (χ3n) is 1.94. The van der Waals surface area contributed by atoms with Crippen molar-refractivity contribution in [3.8, 4) is 0 Å². The summed E-state index contributed by atoms with van der Waals surface area (Å²) >= 11 is 3.14. The number of carbonyl (C=O) groups is 1. The van der Waals surface area contributed by atoms with E-state index in [4.69, 9.17) is 5.73 Å². The van der Waals surface area contributed by atoms with Gasteiger partial charge in [0.25, 0.3) is 0 Å². The summed E-state index contributed by atoms with van der Waals surface area (Å²) in [5.74, 6) is 0.414. The molecule has 0 aliphatic heterocycles. The summed E-state index contributed by atoms with van der Waals surface area (Å²) in [7, 11) is 0. The molecule has 1 amide bonds. The summed E-state index contributed by atoms with van der Waals surface area (Å²) in [6.45, 7) is 0. The van der Waals surface area contributed by atoms with Crippen LogP contribution in [-0.4, -0.2) is 16.1 Å². The Bertz CT molecular complexity index is 467. The third-order valence-corrected chi connectivity index (χ3v) is 3.87. The van der Waals surface area contributed by atoms with Crippen LogP contribution in [0.15, 0.2) is 34.1 Å². The van der Waals surface area contributed by atoms with Crippen LogP contribution in [0.5, 0.6) is 0 Å². The predicted molar refractivity (Wildman–Crippen MR) is 64.4 cm³/mol. The van der Waals surface area contributed by atoms with Crippen molar-refractivity contribution in [1.82, 2.24) is 10.2 Å². The van der Waals surface area contributed by atoms with Gasteiger partial charge >= 0.3 is 0 Å². The number of primary amides is 1. The van der Waals surface area contributed by atoms with Crippen LogP contribution in [0.1, 0.15) is 15.9 Å². The topological polar surface area (TPSA) is 68.9 Å². The summed E-state index contributed by atoms with van der Waals surface area (Å²) in [6.07, 6.45) is 0. The molecule has 1 heterocycles. The molecule has 0 radical (unpaired) electrons. The maximum absolute atomic E-state index is 10.9. The molecule has 0 atom stereocenters. The monoisotopic (exact) mass is 251 g/mol. The van der Waals surface area contributed by atoms with Crippen molar-refractivity contribution >= 4 is 29.0 Å². The second-order valence-electron chi connectivity index (χ2n) is 3.05. The number of rotatable bonds is 4. The normalized spacial score (nSPS) is 10.2. The van der Waals surface area contributed by atoms with Gasteiger partial charge in [-0.3, -0.25) is 4.79 Å². The van der Waals surface area contributed by atoms with Crippen molar-refractivity contribution in [2.75, 3.05) is 0 Å². The minimum atomic E-state index is -0.400. The summed E-state index contributed by atoms with van der Waals surface area (Å²) in [4.78, 5) is 10.9. The van der Waals surface area contributed by atoms with E-state index in [9.17, 15) is 4.79 Å². The molecule has 1 aromatic heterocycles. The van der Waals surface area contributed by atoms with E-state index in [0.717, 1.165) is 15.7 Å². The number of benzene rings is 1. The fourth-order valence-corrected chi connectivity index (χ4v) is 2.58. The molecule has 0 bridgehead atoms. The molecule has 0 fully saturated rings. The van der Waals surface area contributed by atoms with Crippen LogP contribution < -0.4 is 5.73 Å². The van der Waals surface area contributed by atoms with Crippen molar-refractivity contribution in [3.63, 3.8) is 0 Å². The van der Waals surface area contributed by atoms with E-state index in [1.165, 1.54) is 11.3 Å². The number of carbonyl (C=O) groups excluding carboxylic acids is 1. The predicted octanol–water partition coefficient (Wildman–Crippen LogP) is 1.93. The fraction of sp³-hybridized carbons (Fsp3) is 0.100. The molecule has 0 saturated carbocycles. The van der Waals surface area contributed by atoms with Crippen LogP contribution in [0.2, 0.25) is 0 Å². The highest BCUT2D eigenvalue weighted by Gasteiger charge is 2.01. The molecule has 16 heavy (non-hydrogen) atoms. The lowest BCUT2D eigenvalue weighted by atomic mass is 10.1. The van der Waals surface area contributed by atoms with E-state index in [1.54, 1.807) is 29.4 Å². The molecule has 0 aliphatic carbocycles. The SMILES string of the molecule is NC(=O)c1ccc(CSc2nncs2)cc1. The van der Waals surface area contributed by atoms with Crippen molar-refractivity contribution < 1.29 is 4.79 Å². The largest absolute Gasteiger partial charge is 0.366 e. The molecule has 1 aromatic carbocycles. The molecular weight excluding hydrogens is 242 g/mol. The van der Waals surface area contributed by atoms with Gasteiger partial charge in [-0.2, -0.15) is 0 Å². The second kappa shape index (κ2) is 5.09. The van der Waals surface area contributed by atoms with E-state index in [-0.39, 0.29) is 0 Å². The van der Waals surface area contributed by atoms with Crippen LogP contribution in [0.25, 0.3) is 0 Å². The Morgan fingerprint density at radius 3 is 2.69 bits per heavy atom. The highest BCUT2D eigenvalue weighted by Crippen LogP contribution is 2.23. The Morgan fingerprint density at radius 2 is 2.12 bits per heavy atom. The van der Waals surface area contributed by atoms with Crippen molar-refractivity contribution in [2.45, 2.75) is 10.1 Å². The van der Waals surface area contributed by atoms with Gasteiger partial charge < -0.3 is 5.73 Å². The van der Waals surface area contributed by atoms with E-state index >= 15 is 0 Å². The average molecular weight is 251 g/mol. The molecule has 0 aliphatic rings. The van der Waals surface area contributed by atoms with Crippen LogP contribution in [0.3, 0.4) is 0 Å². The van der Waals surface area contributed by atoms with Gasteiger partial charge in [0.05, 0.1) is 0 Å². The third kappa shape index (κ3) is 2.80. The fourth-order valence-electron chi connectivity index (χ4n) is 1.14. The highest BCUT2D eigenvalue weighted by molar-refractivity contribution is 8.00. The summed E-state index contributed by atoms with van der Waals surface area (Å²) in [5, 5.41) is 7.69. The zero-order chi connectivity index (χ0) is 11.4. The molecular formula is C10H9N3OS2. The number of amides is 1. The minimum Gasteiger partial charge on any atom is -0.366 e. The Balaban J connectivity index is 1.98. The van der Waals surface area contributed by atoms with E-state index < -0.39 is 5.91 Å².